The van der Waals surface area contributed by atoms with Crippen LogP contribution in [0.2, 0.25) is 0 Å². The Hall–Kier alpha value is -2.18. The fourth-order valence-corrected chi connectivity index (χ4v) is 4.73. The van der Waals surface area contributed by atoms with Gasteiger partial charge in [0, 0.05) is 63.4 Å². The summed E-state index contributed by atoms with van der Waals surface area (Å²) in [6.45, 7) is 5.53. The van der Waals surface area contributed by atoms with Crippen LogP contribution in [0, 0.1) is 5.92 Å². The van der Waals surface area contributed by atoms with Gasteiger partial charge in [0.05, 0.1) is 0 Å². The van der Waals surface area contributed by atoms with Gasteiger partial charge in [-0.15, -0.1) is 0 Å². The van der Waals surface area contributed by atoms with Gasteiger partial charge < -0.3 is 9.47 Å². The molecular formula is C22H31N5O. The molecule has 3 heterocycles. The van der Waals surface area contributed by atoms with Crippen molar-refractivity contribution in [3.05, 3.63) is 54.1 Å². The van der Waals surface area contributed by atoms with Crippen LogP contribution in [0.3, 0.4) is 0 Å². The molecule has 0 saturated carbocycles. The molecule has 2 aromatic rings. The quantitative estimate of drug-likeness (QED) is 0.806. The van der Waals surface area contributed by atoms with Crippen molar-refractivity contribution < 1.29 is 4.79 Å². The van der Waals surface area contributed by atoms with E-state index in [9.17, 15) is 4.79 Å². The zero-order chi connectivity index (χ0) is 19.3. The van der Waals surface area contributed by atoms with Crippen LogP contribution in [-0.4, -0.2) is 46.0 Å². The van der Waals surface area contributed by atoms with Crippen molar-refractivity contribution in [3.8, 4) is 0 Å². The molecule has 0 aliphatic carbocycles. The zero-order valence-corrected chi connectivity index (χ0v) is 16.7. The second-order valence-corrected chi connectivity index (χ2v) is 7.93. The number of amides is 1. The molecule has 2 N–H and O–H groups in total. The first-order valence-electron chi connectivity index (χ1n) is 10.6. The highest BCUT2D eigenvalue weighted by molar-refractivity contribution is 5.76. The third-order valence-corrected chi connectivity index (χ3v) is 6.34. The van der Waals surface area contributed by atoms with Crippen molar-refractivity contribution in [1.82, 2.24) is 25.3 Å². The first kappa shape index (κ1) is 19.2. The molecule has 1 aromatic carbocycles. The number of aromatic nitrogens is 2. The molecule has 0 bridgehead atoms. The Morgan fingerprint density at radius 3 is 2.75 bits per heavy atom. The largest absolute Gasteiger partial charge is 0.343 e. The number of likely N-dealkylation sites (tertiary alicyclic amines) is 1. The monoisotopic (exact) mass is 381 g/mol. The Balaban J connectivity index is 1.29. The summed E-state index contributed by atoms with van der Waals surface area (Å²) in [5.41, 5.74) is 8.27. The van der Waals surface area contributed by atoms with E-state index in [-0.39, 0.29) is 5.91 Å². The van der Waals surface area contributed by atoms with Gasteiger partial charge in [-0.3, -0.25) is 15.6 Å². The van der Waals surface area contributed by atoms with Crippen LogP contribution in [0.4, 0.5) is 0 Å². The van der Waals surface area contributed by atoms with Gasteiger partial charge in [0.2, 0.25) is 5.91 Å². The molecule has 4 rings (SSSR count). The maximum atomic E-state index is 12.7. The van der Waals surface area contributed by atoms with Crippen LogP contribution in [0.15, 0.2) is 42.7 Å². The molecule has 1 amide bonds. The van der Waals surface area contributed by atoms with E-state index in [1.807, 2.05) is 12.4 Å². The molecule has 2 aliphatic rings. The Morgan fingerprint density at radius 1 is 1.21 bits per heavy atom. The van der Waals surface area contributed by atoms with Crippen LogP contribution < -0.4 is 10.9 Å². The Kier molecular flexibility index (Phi) is 6.07. The highest BCUT2D eigenvalue weighted by Crippen LogP contribution is 2.32. The third-order valence-electron chi connectivity index (χ3n) is 6.34. The summed E-state index contributed by atoms with van der Waals surface area (Å²) in [6.07, 6.45) is 7.39. The third kappa shape index (κ3) is 4.13. The molecular weight excluding hydrogens is 350 g/mol. The number of carbonyl (C=O) groups excluding carboxylic acids is 1. The summed E-state index contributed by atoms with van der Waals surface area (Å²) in [4.78, 5) is 19.1. The summed E-state index contributed by atoms with van der Waals surface area (Å²) in [6, 6.07) is 11.2. The second-order valence-electron chi connectivity index (χ2n) is 7.93. The van der Waals surface area contributed by atoms with Crippen molar-refractivity contribution in [2.75, 3.05) is 19.6 Å². The predicted octanol–water partition coefficient (Wildman–Crippen LogP) is 2.33. The van der Waals surface area contributed by atoms with Gasteiger partial charge in [-0.05, 0) is 24.3 Å². The average Bonchev–Trinajstić information content (AvgIpc) is 3.42. The lowest BCUT2D eigenvalue weighted by atomic mass is 9.80. The normalized spacial score (nSPS) is 23.2. The number of nitrogens with zero attached hydrogens (tertiary/aromatic N) is 3. The number of aryl methyl sites for hydroxylation is 2. The second kappa shape index (κ2) is 8.88. The molecule has 2 saturated heterocycles. The maximum Gasteiger partial charge on any atom is 0.224 e. The van der Waals surface area contributed by atoms with Crippen molar-refractivity contribution in [2.24, 2.45) is 5.92 Å². The maximum absolute atomic E-state index is 12.7. The summed E-state index contributed by atoms with van der Waals surface area (Å²) in [7, 11) is 0. The van der Waals surface area contributed by atoms with E-state index < -0.39 is 0 Å². The lowest BCUT2D eigenvalue weighted by molar-refractivity contribution is -0.133. The number of rotatable bonds is 6. The standard InChI is InChI=1S/C22H31N5O/c1-2-20-23-11-15-26(20)14-10-21(28)27-12-8-18(9-13-27)22-19(16-24-25-22)17-6-4-3-5-7-17/h3-7,11,15,18-19,22,24-25H,2,8-10,12-14,16H2,1H3. The van der Waals surface area contributed by atoms with E-state index in [1.54, 1.807) is 0 Å². The lowest BCUT2D eigenvalue weighted by Crippen LogP contribution is -2.45. The smallest absolute Gasteiger partial charge is 0.224 e. The minimum Gasteiger partial charge on any atom is -0.343 e. The Morgan fingerprint density at radius 2 is 2.00 bits per heavy atom. The van der Waals surface area contributed by atoms with Gasteiger partial charge in [0.15, 0.2) is 0 Å². The summed E-state index contributed by atoms with van der Waals surface area (Å²) < 4.78 is 2.10. The van der Waals surface area contributed by atoms with E-state index in [2.05, 4.69) is 62.6 Å². The van der Waals surface area contributed by atoms with E-state index in [0.29, 0.717) is 24.3 Å². The highest BCUT2D eigenvalue weighted by Gasteiger charge is 2.36. The lowest BCUT2D eigenvalue weighted by Gasteiger charge is -2.36. The van der Waals surface area contributed by atoms with Crippen LogP contribution >= 0.6 is 0 Å². The fraction of sp³-hybridized carbons (Fsp3) is 0.545. The van der Waals surface area contributed by atoms with Crippen LogP contribution in [0.5, 0.6) is 0 Å². The number of hydrogen-bond acceptors (Lipinski definition) is 4. The molecule has 2 atom stereocenters. The van der Waals surface area contributed by atoms with E-state index in [1.165, 1.54) is 5.56 Å². The van der Waals surface area contributed by atoms with Crippen molar-refractivity contribution in [2.45, 2.75) is 51.1 Å². The number of imidazole rings is 1. The van der Waals surface area contributed by atoms with Gasteiger partial charge >= 0.3 is 0 Å². The molecule has 2 fully saturated rings. The van der Waals surface area contributed by atoms with E-state index in [4.69, 9.17) is 0 Å². The number of benzene rings is 1. The molecule has 1 aromatic heterocycles. The average molecular weight is 382 g/mol. The highest BCUT2D eigenvalue weighted by atomic mass is 16.2. The molecule has 6 nitrogen and oxygen atoms in total. The van der Waals surface area contributed by atoms with Crippen molar-refractivity contribution >= 4 is 5.91 Å². The van der Waals surface area contributed by atoms with Gasteiger partial charge in [-0.1, -0.05) is 37.3 Å². The van der Waals surface area contributed by atoms with Crippen LogP contribution in [-0.2, 0) is 17.8 Å². The SMILES string of the molecule is CCc1nccn1CCC(=O)N1CCC(C2NNCC2c2ccccc2)CC1. The number of carbonyl (C=O) groups is 1. The van der Waals surface area contributed by atoms with Crippen LogP contribution in [0.25, 0.3) is 0 Å². The molecule has 6 heteroatoms. The number of hydrogen-bond donors (Lipinski definition) is 2. The van der Waals surface area contributed by atoms with E-state index in [0.717, 1.165) is 51.3 Å². The Labute approximate surface area is 167 Å². The first-order valence-corrected chi connectivity index (χ1v) is 10.6. The van der Waals surface area contributed by atoms with Crippen LogP contribution in [0.1, 0.15) is 43.5 Å². The van der Waals surface area contributed by atoms with Crippen molar-refractivity contribution in [3.63, 3.8) is 0 Å². The molecule has 28 heavy (non-hydrogen) atoms. The topological polar surface area (TPSA) is 62.2 Å². The first-order chi connectivity index (χ1) is 13.8. The molecule has 0 spiro atoms. The van der Waals surface area contributed by atoms with Gasteiger partial charge in [0.1, 0.15) is 5.82 Å². The molecule has 2 aliphatic heterocycles. The summed E-state index contributed by atoms with van der Waals surface area (Å²) in [5.74, 6) is 2.43. The molecule has 150 valence electrons. The molecule has 0 radical (unpaired) electrons. The van der Waals surface area contributed by atoms with Gasteiger partial charge in [-0.25, -0.2) is 4.98 Å². The predicted molar refractivity (Wildman–Crippen MR) is 110 cm³/mol. The zero-order valence-electron chi connectivity index (χ0n) is 16.7. The minimum absolute atomic E-state index is 0.270. The minimum atomic E-state index is 0.270. The Bertz CT molecular complexity index is 766. The summed E-state index contributed by atoms with van der Waals surface area (Å²) >= 11 is 0. The van der Waals surface area contributed by atoms with Gasteiger partial charge in [-0.2, -0.15) is 0 Å². The summed E-state index contributed by atoms with van der Waals surface area (Å²) in [5, 5.41) is 0. The number of piperidine rings is 1. The number of hydrazine groups is 1. The fourth-order valence-electron chi connectivity index (χ4n) is 4.73. The molecule has 2 unspecified atom stereocenters. The van der Waals surface area contributed by atoms with Crippen molar-refractivity contribution in [1.29, 1.82) is 0 Å². The van der Waals surface area contributed by atoms with E-state index >= 15 is 0 Å². The van der Waals surface area contributed by atoms with Gasteiger partial charge in [0.25, 0.3) is 0 Å². The number of nitrogens with one attached hydrogen (secondary N) is 2.